The number of rotatable bonds is 4. The van der Waals surface area contributed by atoms with E-state index in [4.69, 9.17) is 0 Å². The highest BCUT2D eigenvalue weighted by Gasteiger charge is 2.33. The third kappa shape index (κ3) is 7.23. The van der Waals surface area contributed by atoms with E-state index >= 15 is 0 Å². The van der Waals surface area contributed by atoms with Crippen molar-refractivity contribution in [1.29, 1.82) is 0 Å². The Kier molecular flexibility index (Phi) is 6.87. The summed E-state index contributed by atoms with van der Waals surface area (Å²) in [6.45, 7) is 28.4. The predicted molar refractivity (Wildman–Crippen MR) is 113 cm³/mol. The highest BCUT2D eigenvalue weighted by atomic mass is 28.4. The second kappa shape index (κ2) is 7.00. The van der Waals surface area contributed by atoms with Gasteiger partial charge in [-0.3, -0.25) is 0 Å². The molecule has 0 unspecified atom stereocenters. The summed E-state index contributed by atoms with van der Waals surface area (Å²) in [7, 11) is -5.66. The van der Waals surface area contributed by atoms with Crippen LogP contribution in [0.2, 0.25) is 78.6 Å². The topological polar surface area (TPSA) is 6.48 Å². The molecule has 0 aliphatic heterocycles. The van der Waals surface area contributed by atoms with Crippen molar-refractivity contribution in [3.8, 4) is 23.9 Å². The van der Waals surface area contributed by atoms with Gasteiger partial charge in [-0.1, -0.05) is 78.6 Å². The molecule has 0 heterocycles. The SMILES string of the molecule is C[Si](C)(C)N(C#CC#CN([Si](C)(C)C)[Si](C)(C)C)[Si](C)(C)C. The van der Waals surface area contributed by atoms with Gasteiger partial charge in [0.25, 0.3) is 0 Å². The fraction of sp³-hybridized carbons (Fsp3) is 0.750. The first kappa shape index (κ1) is 21.6. The Morgan fingerprint density at radius 3 is 0.727 bits per heavy atom. The number of nitrogens with zero attached hydrogens (tertiary/aromatic N) is 2. The van der Waals surface area contributed by atoms with E-state index in [1.54, 1.807) is 0 Å². The van der Waals surface area contributed by atoms with Crippen molar-refractivity contribution < 1.29 is 0 Å². The summed E-state index contributed by atoms with van der Waals surface area (Å²) < 4.78 is 4.95. The van der Waals surface area contributed by atoms with E-state index in [9.17, 15) is 0 Å². The minimum absolute atomic E-state index is 1.42. The Labute approximate surface area is 144 Å². The Hall–Kier alpha value is -0.412. The molecule has 0 aromatic carbocycles. The lowest BCUT2D eigenvalue weighted by molar-refractivity contribution is 0.871. The van der Waals surface area contributed by atoms with E-state index in [-0.39, 0.29) is 0 Å². The van der Waals surface area contributed by atoms with Gasteiger partial charge in [0.1, 0.15) is 32.9 Å². The van der Waals surface area contributed by atoms with Crippen molar-refractivity contribution in [2.75, 3.05) is 0 Å². The first-order chi connectivity index (χ1) is 9.47. The van der Waals surface area contributed by atoms with Gasteiger partial charge in [-0.25, -0.2) is 0 Å². The lowest BCUT2D eigenvalue weighted by Crippen LogP contribution is -2.56. The summed E-state index contributed by atoms with van der Waals surface area (Å²) >= 11 is 0. The van der Waals surface area contributed by atoms with Crippen molar-refractivity contribution in [2.24, 2.45) is 0 Å². The zero-order chi connectivity index (χ0) is 18.0. The second-order valence-electron chi connectivity index (χ2n) is 9.83. The normalized spacial score (nSPS) is 12.7. The molecule has 0 aliphatic rings. The maximum Gasteiger partial charge on any atom is 0.147 e. The molecule has 0 aliphatic carbocycles. The molecule has 0 aromatic rings. The summed E-state index contributed by atoms with van der Waals surface area (Å²) in [6.07, 6.45) is 0. The third-order valence-corrected chi connectivity index (χ3v) is 16.9. The predicted octanol–water partition coefficient (Wildman–Crippen LogP) is 4.85. The van der Waals surface area contributed by atoms with Crippen molar-refractivity contribution in [2.45, 2.75) is 78.6 Å². The maximum atomic E-state index is 3.40. The lowest BCUT2D eigenvalue weighted by Gasteiger charge is -2.41. The molecule has 0 N–H and O–H groups in total. The zero-order valence-electron chi connectivity index (χ0n) is 16.9. The van der Waals surface area contributed by atoms with Gasteiger partial charge in [0, 0.05) is 23.9 Å². The molecular weight excluding hydrogens is 333 g/mol. The molecule has 0 saturated heterocycles. The van der Waals surface area contributed by atoms with Crippen molar-refractivity contribution in [1.82, 2.24) is 8.46 Å². The highest BCUT2D eigenvalue weighted by Crippen LogP contribution is 2.19. The first-order valence-electron chi connectivity index (χ1n) is 8.09. The quantitative estimate of drug-likeness (QED) is 0.397. The van der Waals surface area contributed by atoms with Gasteiger partial charge in [0.15, 0.2) is 0 Å². The average molecular weight is 369 g/mol. The molecule has 6 heteroatoms. The Morgan fingerprint density at radius 1 is 0.409 bits per heavy atom. The Bertz CT molecular complexity index is 418. The molecule has 0 amide bonds. The van der Waals surface area contributed by atoms with Crippen molar-refractivity contribution in [3.63, 3.8) is 0 Å². The van der Waals surface area contributed by atoms with E-state index in [1.807, 2.05) is 0 Å². The molecule has 0 bridgehead atoms. The molecule has 2 nitrogen and oxygen atoms in total. The number of hydrogen-bond acceptors (Lipinski definition) is 2. The summed E-state index contributed by atoms with van der Waals surface area (Å²) in [5.41, 5.74) is 0. The van der Waals surface area contributed by atoms with E-state index in [0.29, 0.717) is 0 Å². The molecule has 0 rings (SSSR count). The van der Waals surface area contributed by atoms with E-state index in [2.05, 4.69) is 111 Å². The lowest BCUT2D eigenvalue weighted by atomic mass is 10.7. The molecule has 0 atom stereocenters. The number of hydrogen-bond donors (Lipinski definition) is 0. The summed E-state index contributed by atoms with van der Waals surface area (Å²) in [5.74, 6) is 6.32. The van der Waals surface area contributed by atoms with Gasteiger partial charge in [-0.2, -0.15) is 0 Å². The average Bonchev–Trinajstić information content (AvgIpc) is 2.14. The Balaban J connectivity index is 5.48. The van der Waals surface area contributed by atoms with Gasteiger partial charge in [-0.05, 0) is 0 Å². The van der Waals surface area contributed by atoms with E-state index in [1.165, 1.54) is 0 Å². The minimum Gasteiger partial charge on any atom is -0.384 e. The van der Waals surface area contributed by atoms with Crippen LogP contribution in [-0.4, -0.2) is 41.4 Å². The maximum absolute atomic E-state index is 3.40. The van der Waals surface area contributed by atoms with Gasteiger partial charge in [0.05, 0.1) is 0 Å². The molecule has 0 radical (unpaired) electrons. The van der Waals surface area contributed by atoms with Crippen LogP contribution in [0.15, 0.2) is 0 Å². The molecule has 0 spiro atoms. The van der Waals surface area contributed by atoms with Crippen LogP contribution in [0.1, 0.15) is 0 Å². The third-order valence-electron chi connectivity index (χ3n) is 3.08. The van der Waals surface area contributed by atoms with Crippen LogP contribution in [0, 0.1) is 23.9 Å². The summed E-state index contributed by atoms with van der Waals surface area (Å²) in [6, 6.07) is 6.79. The van der Waals surface area contributed by atoms with Crippen LogP contribution >= 0.6 is 0 Å². The van der Waals surface area contributed by atoms with Gasteiger partial charge in [-0.15, -0.1) is 0 Å². The van der Waals surface area contributed by atoms with Crippen molar-refractivity contribution in [3.05, 3.63) is 0 Å². The monoisotopic (exact) mass is 368 g/mol. The fourth-order valence-corrected chi connectivity index (χ4v) is 20.5. The highest BCUT2D eigenvalue weighted by molar-refractivity contribution is 6.90. The molecule has 126 valence electrons. The van der Waals surface area contributed by atoms with E-state index < -0.39 is 32.9 Å². The summed E-state index contributed by atoms with van der Waals surface area (Å²) in [5, 5.41) is 0. The van der Waals surface area contributed by atoms with Crippen LogP contribution in [0.25, 0.3) is 0 Å². The summed E-state index contributed by atoms with van der Waals surface area (Å²) in [4.78, 5) is 0. The second-order valence-corrected chi connectivity index (χ2v) is 29.9. The molecule has 0 aromatic heterocycles. The van der Waals surface area contributed by atoms with E-state index in [0.717, 1.165) is 0 Å². The van der Waals surface area contributed by atoms with Gasteiger partial charge in [0.2, 0.25) is 0 Å². The van der Waals surface area contributed by atoms with Gasteiger partial charge < -0.3 is 8.46 Å². The molecule has 22 heavy (non-hydrogen) atoms. The van der Waals surface area contributed by atoms with Crippen LogP contribution in [0.3, 0.4) is 0 Å². The zero-order valence-corrected chi connectivity index (χ0v) is 20.9. The molecular formula is C16H36N2Si4. The van der Waals surface area contributed by atoms with Crippen LogP contribution in [0.5, 0.6) is 0 Å². The van der Waals surface area contributed by atoms with Crippen LogP contribution in [0.4, 0.5) is 0 Å². The Morgan fingerprint density at radius 2 is 0.591 bits per heavy atom. The van der Waals surface area contributed by atoms with Crippen molar-refractivity contribution >= 4 is 32.9 Å². The first-order valence-corrected chi connectivity index (χ1v) is 21.9. The standard InChI is InChI=1S/C16H36N2Si4/c1-19(2,3)17(20(4,5)6)15-13-14-16-18(21(7,8)9)22(10,11)12/h1-12H3. The largest absolute Gasteiger partial charge is 0.384 e. The smallest absolute Gasteiger partial charge is 0.147 e. The van der Waals surface area contributed by atoms with Crippen LogP contribution in [-0.2, 0) is 0 Å². The van der Waals surface area contributed by atoms with Gasteiger partial charge >= 0.3 is 0 Å². The molecule has 0 saturated carbocycles. The fourth-order valence-electron chi connectivity index (χ4n) is 2.85. The minimum atomic E-state index is -1.42. The van der Waals surface area contributed by atoms with Crippen LogP contribution < -0.4 is 0 Å². The molecule has 0 fully saturated rings.